The highest BCUT2D eigenvalue weighted by atomic mass is 16.6. The largest absolute Gasteiger partial charge is 0.444 e. The quantitative estimate of drug-likeness (QED) is 0.501. The highest BCUT2D eigenvalue weighted by Crippen LogP contribution is 2.37. The van der Waals surface area contributed by atoms with Gasteiger partial charge in [-0.1, -0.05) is 17.3 Å². The Bertz CT molecular complexity index is 1420. The van der Waals surface area contributed by atoms with Crippen LogP contribution in [0.3, 0.4) is 0 Å². The molecule has 0 bridgehead atoms. The molecule has 3 heterocycles. The lowest BCUT2D eigenvalue weighted by Crippen LogP contribution is -2.51. The Kier molecular flexibility index (Phi) is 6.78. The summed E-state index contributed by atoms with van der Waals surface area (Å²) in [7, 11) is 0. The fraction of sp³-hybridized carbons (Fsp3) is 0.444. The lowest BCUT2D eigenvalue weighted by atomic mass is 9.91. The molecule has 0 radical (unpaired) electrons. The number of imide groups is 1. The summed E-state index contributed by atoms with van der Waals surface area (Å²) in [5.74, 6) is -1.43. The van der Waals surface area contributed by atoms with Gasteiger partial charge in [0.05, 0.1) is 17.8 Å². The Labute approximate surface area is 219 Å². The molecule has 2 aliphatic rings. The van der Waals surface area contributed by atoms with E-state index in [9.17, 15) is 19.2 Å². The van der Waals surface area contributed by atoms with E-state index in [4.69, 9.17) is 9.26 Å². The van der Waals surface area contributed by atoms with Gasteiger partial charge < -0.3 is 19.5 Å². The molecule has 2 N–H and O–H groups in total. The summed E-state index contributed by atoms with van der Waals surface area (Å²) in [5, 5.41) is 11.8. The summed E-state index contributed by atoms with van der Waals surface area (Å²) in [6.45, 7) is 7.82. The van der Waals surface area contributed by atoms with Crippen molar-refractivity contribution in [2.24, 2.45) is 0 Å². The highest BCUT2D eigenvalue weighted by Gasteiger charge is 2.32. The minimum atomic E-state index is -0.586. The Hall–Kier alpha value is -3.99. The van der Waals surface area contributed by atoms with Crippen LogP contribution in [0, 0.1) is 0 Å². The third-order valence-electron chi connectivity index (χ3n) is 6.76. The fourth-order valence-corrected chi connectivity index (χ4v) is 4.93. The number of hydrogen-bond donors (Lipinski definition) is 2. The van der Waals surface area contributed by atoms with E-state index in [1.807, 2.05) is 49.9 Å². The number of piperazine rings is 1. The summed E-state index contributed by atoms with van der Waals surface area (Å²) in [6.07, 6.45) is 0.262. The molecular weight excluding hydrogens is 490 g/mol. The van der Waals surface area contributed by atoms with E-state index in [2.05, 4.69) is 15.8 Å². The van der Waals surface area contributed by atoms with Crippen LogP contribution in [0.1, 0.15) is 45.2 Å². The van der Waals surface area contributed by atoms with Crippen LogP contribution >= 0.6 is 0 Å². The Morgan fingerprint density at radius 3 is 2.58 bits per heavy atom. The minimum Gasteiger partial charge on any atom is -0.444 e. The number of ether oxygens (including phenoxy) is 1. The van der Waals surface area contributed by atoms with Gasteiger partial charge in [0, 0.05) is 43.7 Å². The first kappa shape index (κ1) is 25.7. The predicted molar refractivity (Wildman–Crippen MR) is 140 cm³/mol. The van der Waals surface area contributed by atoms with E-state index >= 15 is 0 Å². The van der Waals surface area contributed by atoms with Gasteiger partial charge in [0.15, 0.2) is 5.58 Å². The van der Waals surface area contributed by atoms with Crippen molar-refractivity contribution in [1.82, 2.24) is 20.3 Å². The van der Waals surface area contributed by atoms with Crippen molar-refractivity contribution in [1.29, 1.82) is 0 Å². The van der Waals surface area contributed by atoms with Crippen molar-refractivity contribution in [2.45, 2.75) is 45.1 Å². The van der Waals surface area contributed by atoms with Gasteiger partial charge in [-0.25, -0.2) is 4.79 Å². The minimum absolute atomic E-state index is 0.168. The summed E-state index contributed by atoms with van der Waals surface area (Å²) < 4.78 is 10.9. The number of anilines is 1. The first-order valence-corrected chi connectivity index (χ1v) is 12.7. The lowest BCUT2D eigenvalue weighted by molar-refractivity contribution is -0.134. The molecule has 1 aromatic heterocycles. The lowest BCUT2D eigenvalue weighted by Gasteiger charge is -2.35. The van der Waals surface area contributed by atoms with Crippen LogP contribution in [0.15, 0.2) is 34.9 Å². The van der Waals surface area contributed by atoms with Crippen molar-refractivity contribution >= 4 is 51.2 Å². The SMILES string of the molecule is CC(C)(C)OC(=O)N1CCN(CC(=O)Nc2cccc3c2ccc2onc(C4CCC(=O)NC4=O)c23)CC1. The summed E-state index contributed by atoms with van der Waals surface area (Å²) in [4.78, 5) is 53.0. The van der Waals surface area contributed by atoms with E-state index in [1.165, 1.54) is 0 Å². The molecule has 200 valence electrons. The summed E-state index contributed by atoms with van der Waals surface area (Å²) in [6, 6.07) is 9.18. The molecule has 2 fully saturated rings. The molecule has 2 aliphatic heterocycles. The Morgan fingerprint density at radius 2 is 1.87 bits per heavy atom. The van der Waals surface area contributed by atoms with Gasteiger partial charge in [-0.05, 0) is 50.8 Å². The molecule has 1 atom stereocenters. The molecule has 11 heteroatoms. The van der Waals surface area contributed by atoms with Gasteiger partial charge in [-0.2, -0.15) is 0 Å². The van der Waals surface area contributed by atoms with Crippen molar-refractivity contribution in [3.05, 3.63) is 36.0 Å². The normalized spacial score (nSPS) is 19.0. The van der Waals surface area contributed by atoms with Crippen LogP contribution in [0.2, 0.25) is 0 Å². The molecule has 3 aromatic rings. The number of nitrogens with one attached hydrogen (secondary N) is 2. The zero-order chi connectivity index (χ0) is 27.0. The van der Waals surface area contributed by atoms with E-state index in [0.717, 1.165) is 10.8 Å². The fourth-order valence-electron chi connectivity index (χ4n) is 4.93. The van der Waals surface area contributed by atoms with Gasteiger partial charge in [-0.3, -0.25) is 24.6 Å². The number of aromatic nitrogens is 1. The van der Waals surface area contributed by atoms with Crippen LogP contribution in [-0.2, 0) is 19.1 Å². The maximum Gasteiger partial charge on any atom is 0.410 e. The monoisotopic (exact) mass is 521 g/mol. The predicted octanol–water partition coefficient (Wildman–Crippen LogP) is 2.99. The highest BCUT2D eigenvalue weighted by molar-refractivity contribution is 6.14. The second kappa shape index (κ2) is 10.1. The topological polar surface area (TPSA) is 134 Å². The molecule has 5 rings (SSSR count). The number of piperidine rings is 1. The van der Waals surface area contributed by atoms with Crippen molar-refractivity contribution in [3.63, 3.8) is 0 Å². The van der Waals surface area contributed by atoms with Crippen LogP contribution in [0.25, 0.3) is 21.7 Å². The zero-order valence-corrected chi connectivity index (χ0v) is 21.7. The number of carbonyl (C=O) groups is 4. The van der Waals surface area contributed by atoms with E-state index in [0.29, 0.717) is 55.0 Å². The molecule has 11 nitrogen and oxygen atoms in total. The van der Waals surface area contributed by atoms with Crippen LogP contribution in [0.5, 0.6) is 0 Å². The molecular formula is C27H31N5O6. The van der Waals surface area contributed by atoms with Gasteiger partial charge in [0.1, 0.15) is 11.3 Å². The van der Waals surface area contributed by atoms with E-state index in [1.54, 1.807) is 11.0 Å². The number of fused-ring (bicyclic) bond motifs is 3. The molecule has 0 saturated carbocycles. The second-order valence-corrected chi connectivity index (χ2v) is 10.7. The molecule has 1 unspecified atom stereocenters. The average Bonchev–Trinajstić information content (AvgIpc) is 3.28. The average molecular weight is 522 g/mol. The zero-order valence-electron chi connectivity index (χ0n) is 21.7. The third kappa shape index (κ3) is 5.33. The van der Waals surface area contributed by atoms with Gasteiger partial charge >= 0.3 is 6.09 Å². The van der Waals surface area contributed by atoms with Crippen LogP contribution < -0.4 is 10.6 Å². The van der Waals surface area contributed by atoms with Gasteiger partial charge in [0.2, 0.25) is 17.7 Å². The van der Waals surface area contributed by atoms with Crippen molar-refractivity contribution in [2.75, 3.05) is 38.0 Å². The first-order chi connectivity index (χ1) is 18.1. The molecule has 0 spiro atoms. The molecule has 2 saturated heterocycles. The number of amides is 4. The maximum absolute atomic E-state index is 13.0. The van der Waals surface area contributed by atoms with E-state index < -0.39 is 11.5 Å². The van der Waals surface area contributed by atoms with E-state index in [-0.39, 0.29) is 36.8 Å². The first-order valence-electron chi connectivity index (χ1n) is 12.7. The molecule has 4 amide bonds. The standard InChI is InChI=1S/C27H31N5O6/c1-27(2,3)37-26(36)32-13-11-31(12-14-32)15-22(34)28-19-6-4-5-17-16(19)7-9-20-23(17)24(30-38-20)18-8-10-21(33)29-25(18)35/h4-7,9,18H,8,10-15H2,1-3H3,(H,28,34)(H,29,33,35). The smallest absolute Gasteiger partial charge is 0.410 e. The summed E-state index contributed by atoms with van der Waals surface area (Å²) >= 11 is 0. The number of carbonyl (C=O) groups excluding carboxylic acids is 4. The second-order valence-electron chi connectivity index (χ2n) is 10.7. The van der Waals surface area contributed by atoms with Crippen LogP contribution in [-0.4, -0.2) is 77.1 Å². The number of rotatable bonds is 4. The molecule has 38 heavy (non-hydrogen) atoms. The number of nitrogens with zero attached hydrogens (tertiary/aromatic N) is 3. The Balaban J connectivity index is 1.29. The van der Waals surface area contributed by atoms with Gasteiger partial charge in [0.25, 0.3) is 0 Å². The Morgan fingerprint density at radius 1 is 1.11 bits per heavy atom. The van der Waals surface area contributed by atoms with Gasteiger partial charge in [-0.15, -0.1) is 0 Å². The van der Waals surface area contributed by atoms with Crippen molar-refractivity contribution in [3.8, 4) is 0 Å². The van der Waals surface area contributed by atoms with Crippen LogP contribution in [0.4, 0.5) is 10.5 Å². The number of benzene rings is 2. The number of hydrogen-bond acceptors (Lipinski definition) is 8. The molecule has 2 aromatic carbocycles. The van der Waals surface area contributed by atoms with Crippen molar-refractivity contribution < 1.29 is 28.4 Å². The summed E-state index contributed by atoms with van der Waals surface area (Å²) in [5.41, 5.74) is 1.11. The maximum atomic E-state index is 13.0. The molecule has 0 aliphatic carbocycles. The third-order valence-corrected chi connectivity index (χ3v) is 6.76.